The molecule has 1 aliphatic rings. The quantitative estimate of drug-likeness (QED) is 0.797. The van der Waals surface area contributed by atoms with Crippen molar-refractivity contribution < 1.29 is 28.6 Å². The van der Waals surface area contributed by atoms with Crippen molar-refractivity contribution in [1.29, 1.82) is 0 Å². The van der Waals surface area contributed by atoms with Gasteiger partial charge < -0.3 is 19.0 Å². The third-order valence-corrected chi connectivity index (χ3v) is 3.63. The van der Waals surface area contributed by atoms with Crippen LogP contribution in [0.5, 0.6) is 11.5 Å². The van der Waals surface area contributed by atoms with Crippen molar-refractivity contribution in [3.8, 4) is 11.5 Å². The molecule has 0 saturated carbocycles. The van der Waals surface area contributed by atoms with Crippen LogP contribution in [0.3, 0.4) is 0 Å². The van der Waals surface area contributed by atoms with E-state index in [-0.39, 0.29) is 39.7 Å². The summed E-state index contributed by atoms with van der Waals surface area (Å²) in [6.07, 6.45) is -0.911. The third-order valence-electron chi connectivity index (χ3n) is 3.63. The van der Waals surface area contributed by atoms with Gasteiger partial charge in [-0.15, -0.1) is 0 Å². The molecule has 114 valence electrons. The molecule has 0 radical (unpaired) electrons. The number of methoxy groups -OCH3 is 2. The van der Waals surface area contributed by atoms with Crippen LogP contribution in [0.4, 0.5) is 0 Å². The van der Waals surface area contributed by atoms with E-state index in [2.05, 4.69) is 0 Å². The summed E-state index contributed by atoms with van der Waals surface area (Å²) < 4.78 is 15.8. The Labute approximate surface area is 126 Å². The normalized spacial score (nSPS) is 14.4. The van der Waals surface area contributed by atoms with Crippen LogP contribution >= 0.6 is 0 Å². The first-order chi connectivity index (χ1) is 10.5. The zero-order valence-electron chi connectivity index (χ0n) is 12.3. The molecule has 1 aliphatic carbocycles. The summed E-state index contributed by atoms with van der Waals surface area (Å²) in [6.45, 7) is 1.50. The van der Waals surface area contributed by atoms with Gasteiger partial charge in [-0.2, -0.15) is 0 Å². The first-order valence-corrected chi connectivity index (χ1v) is 6.65. The molecule has 2 aromatic rings. The molecule has 1 unspecified atom stereocenters. The highest BCUT2D eigenvalue weighted by Gasteiger charge is 2.37. The van der Waals surface area contributed by atoms with E-state index in [9.17, 15) is 14.7 Å². The van der Waals surface area contributed by atoms with Gasteiger partial charge in [0, 0.05) is 5.56 Å². The van der Waals surface area contributed by atoms with Gasteiger partial charge in [-0.05, 0) is 25.1 Å². The average Bonchev–Trinajstić information content (AvgIpc) is 2.97. The highest BCUT2D eigenvalue weighted by atomic mass is 16.5. The van der Waals surface area contributed by atoms with Gasteiger partial charge in [-0.3, -0.25) is 9.59 Å². The number of furan rings is 1. The number of hydrogen-bond donors (Lipinski definition) is 1. The molecule has 1 aromatic heterocycles. The maximum atomic E-state index is 12.7. The first-order valence-electron chi connectivity index (χ1n) is 6.65. The van der Waals surface area contributed by atoms with Crippen LogP contribution in [0.15, 0.2) is 22.6 Å². The van der Waals surface area contributed by atoms with Crippen LogP contribution < -0.4 is 9.47 Å². The molecule has 1 atom stereocenters. The average molecular weight is 302 g/mol. The number of fused-ring (bicyclic) bond motifs is 2. The van der Waals surface area contributed by atoms with Gasteiger partial charge in [0.25, 0.3) is 0 Å². The van der Waals surface area contributed by atoms with Gasteiger partial charge in [-0.25, -0.2) is 0 Å². The molecule has 1 heterocycles. The van der Waals surface area contributed by atoms with Gasteiger partial charge in [0.15, 0.2) is 23.0 Å². The molecular weight excluding hydrogens is 288 g/mol. The predicted molar refractivity (Wildman–Crippen MR) is 75.8 cm³/mol. The molecule has 0 bridgehead atoms. The lowest BCUT2D eigenvalue weighted by atomic mass is 9.87. The van der Waals surface area contributed by atoms with E-state index in [4.69, 9.17) is 13.9 Å². The largest absolute Gasteiger partial charge is 0.493 e. The number of aliphatic hydroxyl groups is 1. The second-order valence-corrected chi connectivity index (χ2v) is 4.95. The molecule has 0 aliphatic heterocycles. The van der Waals surface area contributed by atoms with E-state index < -0.39 is 11.9 Å². The SMILES string of the molecule is COc1ccc2c(c1OC)C(=O)c1oc(C(C)O)cc1C2=O. The number of ether oxygens (including phenoxy) is 2. The van der Waals surface area contributed by atoms with Crippen LogP contribution in [0, 0.1) is 0 Å². The van der Waals surface area contributed by atoms with E-state index >= 15 is 0 Å². The number of ketones is 2. The predicted octanol–water partition coefficient (Wildman–Crippen LogP) is 2.13. The number of carbonyl (C=O) groups excluding carboxylic acids is 2. The summed E-state index contributed by atoms with van der Waals surface area (Å²) in [7, 11) is 2.85. The Morgan fingerprint density at radius 3 is 2.41 bits per heavy atom. The Morgan fingerprint density at radius 2 is 1.82 bits per heavy atom. The molecule has 6 nitrogen and oxygen atoms in total. The van der Waals surface area contributed by atoms with Crippen LogP contribution in [0.2, 0.25) is 0 Å². The maximum Gasteiger partial charge on any atom is 0.233 e. The second kappa shape index (κ2) is 4.99. The van der Waals surface area contributed by atoms with Crippen LogP contribution in [0.1, 0.15) is 50.8 Å². The maximum absolute atomic E-state index is 12.7. The first kappa shape index (κ1) is 14.3. The number of rotatable bonds is 3. The number of aliphatic hydroxyl groups excluding tert-OH is 1. The molecule has 0 fully saturated rings. The van der Waals surface area contributed by atoms with Crippen molar-refractivity contribution in [2.24, 2.45) is 0 Å². The van der Waals surface area contributed by atoms with Gasteiger partial charge in [0.05, 0.1) is 25.3 Å². The Balaban J connectivity index is 2.26. The lowest BCUT2D eigenvalue weighted by Gasteiger charge is -2.18. The highest BCUT2D eigenvalue weighted by Crippen LogP contribution is 2.40. The summed E-state index contributed by atoms with van der Waals surface area (Å²) in [5.74, 6) is -0.175. The Bertz CT molecular complexity index is 784. The van der Waals surface area contributed by atoms with Crippen molar-refractivity contribution in [2.75, 3.05) is 14.2 Å². The van der Waals surface area contributed by atoms with Crippen molar-refractivity contribution >= 4 is 11.6 Å². The van der Waals surface area contributed by atoms with Crippen LogP contribution in [0.25, 0.3) is 0 Å². The number of hydrogen-bond acceptors (Lipinski definition) is 6. The molecule has 1 aromatic carbocycles. The summed E-state index contributed by atoms with van der Waals surface area (Å²) in [4.78, 5) is 25.2. The molecular formula is C16H14O6. The van der Waals surface area contributed by atoms with Crippen molar-refractivity contribution in [3.63, 3.8) is 0 Å². The van der Waals surface area contributed by atoms with Crippen LogP contribution in [-0.2, 0) is 0 Å². The summed E-state index contributed by atoms with van der Waals surface area (Å²) in [6, 6.07) is 4.50. The fourth-order valence-corrected chi connectivity index (χ4v) is 2.55. The second-order valence-electron chi connectivity index (χ2n) is 4.95. The summed E-state index contributed by atoms with van der Waals surface area (Å²) >= 11 is 0. The Hall–Kier alpha value is -2.60. The van der Waals surface area contributed by atoms with Crippen molar-refractivity contribution in [1.82, 2.24) is 0 Å². The van der Waals surface area contributed by atoms with E-state index in [1.807, 2.05) is 0 Å². The topological polar surface area (TPSA) is 86.0 Å². The van der Waals surface area contributed by atoms with Gasteiger partial charge >= 0.3 is 0 Å². The zero-order chi connectivity index (χ0) is 16.0. The van der Waals surface area contributed by atoms with E-state index in [0.29, 0.717) is 5.75 Å². The van der Waals surface area contributed by atoms with E-state index in [1.165, 1.54) is 33.3 Å². The molecule has 3 rings (SSSR count). The van der Waals surface area contributed by atoms with E-state index in [0.717, 1.165) is 0 Å². The van der Waals surface area contributed by atoms with Crippen molar-refractivity contribution in [2.45, 2.75) is 13.0 Å². The van der Waals surface area contributed by atoms with Crippen LogP contribution in [-0.4, -0.2) is 30.9 Å². The number of carbonyl (C=O) groups is 2. The summed E-state index contributed by atoms with van der Waals surface area (Å²) in [5.41, 5.74) is 0.500. The van der Waals surface area contributed by atoms with Crippen molar-refractivity contribution in [3.05, 3.63) is 46.4 Å². The minimum Gasteiger partial charge on any atom is -0.493 e. The molecule has 0 amide bonds. The van der Waals surface area contributed by atoms with Gasteiger partial charge in [-0.1, -0.05) is 0 Å². The Kier molecular flexibility index (Phi) is 3.26. The van der Waals surface area contributed by atoms with E-state index in [1.54, 1.807) is 6.07 Å². The smallest absolute Gasteiger partial charge is 0.233 e. The standard InChI is InChI=1S/C16H14O6/c1-7(17)11-6-9-13(18)8-4-5-10(20-2)16(21-3)12(8)14(19)15(9)22-11/h4-7,17H,1-3H3. The molecule has 0 saturated heterocycles. The Morgan fingerprint density at radius 1 is 1.09 bits per heavy atom. The minimum absolute atomic E-state index is 0.0834. The fourth-order valence-electron chi connectivity index (χ4n) is 2.55. The third kappa shape index (κ3) is 1.84. The van der Waals surface area contributed by atoms with Gasteiger partial charge in [0.1, 0.15) is 11.9 Å². The fraction of sp³-hybridized carbons (Fsp3) is 0.250. The van der Waals surface area contributed by atoms with Gasteiger partial charge in [0.2, 0.25) is 5.78 Å². The molecule has 0 spiro atoms. The monoisotopic (exact) mass is 302 g/mol. The lowest BCUT2D eigenvalue weighted by Crippen LogP contribution is -2.20. The molecule has 1 N–H and O–H groups in total. The summed E-state index contributed by atoms with van der Waals surface area (Å²) in [5, 5.41) is 9.58. The number of benzene rings is 1. The minimum atomic E-state index is -0.911. The molecule has 6 heteroatoms. The molecule has 22 heavy (non-hydrogen) atoms. The highest BCUT2D eigenvalue weighted by molar-refractivity contribution is 6.28. The lowest BCUT2D eigenvalue weighted by molar-refractivity contribution is 0.0950. The zero-order valence-corrected chi connectivity index (χ0v) is 12.3.